The highest BCUT2D eigenvalue weighted by molar-refractivity contribution is 7.99. The first-order valence-electron chi connectivity index (χ1n) is 4.97. The molecule has 0 amide bonds. The Labute approximate surface area is 99.1 Å². The van der Waals surface area contributed by atoms with E-state index in [1.807, 2.05) is 6.92 Å². The Kier molecular flexibility index (Phi) is 5.56. The van der Waals surface area contributed by atoms with Gasteiger partial charge in [-0.05, 0) is 19.4 Å². The molecule has 0 fully saturated rings. The maximum Gasteiger partial charge on any atom is 0.330 e. The molecule has 0 bridgehead atoms. The minimum atomic E-state index is -0.312. The van der Waals surface area contributed by atoms with E-state index >= 15 is 0 Å². The van der Waals surface area contributed by atoms with E-state index in [9.17, 15) is 4.79 Å². The summed E-state index contributed by atoms with van der Waals surface area (Å²) in [5.74, 6) is 0.343. The van der Waals surface area contributed by atoms with Crippen LogP contribution in [0.2, 0.25) is 0 Å². The fourth-order valence-corrected chi connectivity index (χ4v) is 1.51. The van der Waals surface area contributed by atoms with Gasteiger partial charge in [0.25, 0.3) is 0 Å². The average molecular weight is 238 g/mol. The van der Waals surface area contributed by atoms with Gasteiger partial charge in [0.05, 0.1) is 6.61 Å². The molecule has 0 saturated heterocycles. The number of carbonyl (C=O) groups excluding carboxylic acids is 1. The van der Waals surface area contributed by atoms with Crippen LogP contribution in [0.25, 0.3) is 0 Å². The second-order valence-electron chi connectivity index (χ2n) is 3.01. The molecule has 4 nitrogen and oxygen atoms in total. The van der Waals surface area contributed by atoms with Crippen molar-refractivity contribution in [2.45, 2.75) is 19.0 Å². The topological polar surface area (TPSA) is 52.1 Å². The van der Waals surface area contributed by atoms with Crippen LogP contribution >= 0.6 is 11.8 Å². The fourth-order valence-electron chi connectivity index (χ4n) is 0.913. The molecule has 16 heavy (non-hydrogen) atoms. The second kappa shape index (κ2) is 7.00. The lowest BCUT2D eigenvalue weighted by Crippen LogP contribution is -1.98. The molecule has 0 unspecified atom stereocenters. The van der Waals surface area contributed by atoms with Crippen molar-refractivity contribution in [1.82, 2.24) is 9.97 Å². The van der Waals surface area contributed by atoms with Gasteiger partial charge in [-0.15, -0.1) is 0 Å². The second-order valence-corrected chi connectivity index (χ2v) is 4.00. The zero-order valence-electron chi connectivity index (χ0n) is 9.34. The summed E-state index contributed by atoms with van der Waals surface area (Å²) in [6.45, 7) is 4.12. The quantitative estimate of drug-likeness (QED) is 0.340. The molecule has 0 atom stereocenters. The summed E-state index contributed by atoms with van der Waals surface area (Å²) in [6, 6.07) is 0. The Hall–Kier alpha value is -1.36. The van der Waals surface area contributed by atoms with Crippen LogP contribution in [0.4, 0.5) is 0 Å². The summed E-state index contributed by atoms with van der Waals surface area (Å²) in [5, 5.41) is 0.708. The molecule has 0 radical (unpaired) electrons. The molecule has 0 saturated carbocycles. The standard InChI is InChI=1S/C11H14N2O2S/c1-3-15-10(14)5-4-6-16-11-12-7-9(2)8-13-11/h4-5,7-8H,3,6H2,1-2H3/b5-4+. The molecule has 0 aliphatic rings. The Balaban J connectivity index is 2.30. The zero-order chi connectivity index (χ0) is 11.8. The molecule has 1 aromatic heterocycles. The predicted octanol–water partition coefficient (Wildman–Crippen LogP) is 2.00. The molecule has 0 aliphatic carbocycles. The van der Waals surface area contributed by atoms with Gasteiger partial charge in [-0.1, -0.05) is 17.8 Å². The van der Waals surface area contributed by atoms with Crippen molar-refractivity contribution < 1.29 is 9.53 Å². The minimum absolute atomic E-state index is 0.312. The summed E-state index contributed by atoms with van der Waals surface area (Å²) in [4.78, 5) is 19.2. The van der Waals surface area contributed by atoms with E-state index in [0.717, 1.165) is 5.56 Å². The van der Waals surface area contributed by atoms with E-state index in [1.165, 1.54) is 17.8 Å². The molecule has 0 spiro atoms. The minimum Gasteiger partial charge on any atom is -0.463 e. The van der Waals surface area contributed by atoms with Crippen molar-refractivity contribution in [2.75, 3.05) is 12.4 Å². The number of hydrogen-bond acceptors (Lipinski definition) is 5. The van der Waals surface area contributed by atoms with Crippen molar-refractivity contribution >= 4 is 17.7 Å². The first kappa shape index (κ1) is 12.7. The van der Waals surface area contributed by atoms with Crippen molar-refractivity contribution in [3.63, 3.8) is 0 Å². The number of carbonyl (C=O) groups is 1. The van der Waals surface area contributed by atoms with Crippen LogP contribution < -0.4 is 0 Å². The normalized spacial score (nSPS) is 10.6. The van der Waals surface area contributed by atoms with E-state index < -0.39 is 0 Å². The van der Waals surface area contributed by atoms with Crippen LogP contribution in [0.1, 0.15) is 12.5 Å². The fraction of sp³-hybridized carbons (Fsp3) is 0.364. The average Bonchev–Trinajstić information content (AvgIpc) is 2.27. The maximum atomic E-state index is 10.9. The number of esters is 1. The first-order chi connectivity index (χ1) is 7.72. The van der Waals surface area contributed by atoms with Gasteiger partial charge >= 0.3 is 5.97 Å². The number of aryl methyl sites for hydroxylation is 1. The van der Waals surface area contributed by atoms with E-state index in [-0.39, 0.29) is 5.97 Å². The molecular formula is C11H14N2O2S. The number of hydrogen-bond donors (Lipinski definition) is 0. The van der Waals surface area contributed by atoms with E-state index in [0.29, 0.717) is 17.5 Å². The smallest absolute Gasteiger partial charge is 0.330 e. The van der Waals surface area contributed by atoms with Gasteiger partial charge in [0.15, 0.2) is 5.16 Å². The monoisotopic (exact) mass is 238 g/mol. The number of thioether (sulfide) groups is 1. The van der Waals surface area contributed by atoms with E-state index in [1.54, 1.807) is 25.4 Å². The summed E-state index contributed by atoms with van der Waals surface area (Å²) >= 11 is 1.47. The van der Waals surface area contributed by atoms with E-state index in [2.05, 4.69) is 9.97 Å². The highest BCUT2D eigenvalue weighted by Gasteiger charge is 1.96. The van der Waals surface area contributed by atoms with Crippen LogP contribution in [0.5, 0.6) is 0 Å². The number of nitrogens with zero attached hydrogens (tertiary/aromatic N) is 2. The van der Waals surface area contributed by atoms with Gasteiger partial charge in [0.1, 0.15) is 0 Å². The van der Waals surface area contributed by atoms with Crippen molar-refractivity contribution in [1.29, 1.82) is 0 Å². The van der Waals surface area contributed by atoms with Crippen molar-refractivity contribution in [3.8, 4) is 0 Å². The lowest BCUT2D eigenvalue weighted by atomic mass is 10.4. The van der Waals surface area contributed by atoms with Crippen LogP contribution in [0.3, 0.4) is 0 Å². The highest BCUT2D eigenvalue weighted by atomic mass is 32.2. The predicted molar refractivity (Wildman–Crippen MR) is 63.3 cm³/mol. The lowest BCUT2D eigenvalue weighted by Gasteiger charge is -1.97. The molecule has 86 valence electrons. The largest absolute Gasteiger partial charge is 0.463 e. The zero-order valence-corrected chi connectivity index (χ0v) is 10.2. The summed E-state index contributed by atoms with van der Waals surface area (Å²) < 4.78 is 4.74. The highest BCUT2D eigenvalue weighted by Crippen LogP contribution is 2.11. The van der Waals surface area contributed by atoms with Gasteiger partial charge in [0.2, 0.25) is 0 Å². The Bertz CT molecular complexity index is 363. The number of rotatable bonds is 5. The van der Waals surface area contributed by atoms with Crippen LogP contribution in [0.15, 0.2) is 29.7 Å². The Morgan fingerprint density at radius 3 is 2.81 bits per heavy atom. The van der Waals surface area contributed by atoms with Crippen LogP contribution in [0, 0.1) is 6.92 Å². The number of aromatic nitrogens is 2. The molecule has 5 heteroatoms. The summed E-state index contributed by atoms with van der Waals surface area (Å²) in [7, 11) is 0. The van der Waals surface area contributed by atoms with Crippen molar-refractivity contribution in [2.24, 2.45) is 0 Å². The van der Waals surface area contributed by atoms with Gasteiger partial charge in [-0.3, -0.25) is 0 Å². The molecule has 0 aliphatic heterocycles. The number of ether oxygens (including phenoxy) is 1. The third-order valence-electron chi connectivity index (χ3n) is 1.61. The maximum absolute atomic E-state index is 10.9. The van der Waals surface area contributed by atoms with Crippen molar-refractivity contribution in [3.05, 3.63) is 30.1 Å². The third-order valence-corrected chi connectivity index (χ3v) is 2.43. The van der Waals surface area contributed by atoms with Gasteiger partial charge in [-0.25, -0.2) is 14.8 Å². The van der Waals surface area contributed by atoms with Gasteiger partial charge in [0, 0.05) is 24.2 Å². The molecular weight excluding hydrogens is 224 g/mol. The van der Waals surface area contributed by atoms with Gasteiger partial charge < -0.3 is 4.74 Å². The molecule has 1 rings (SSSR count). The summed E-state index contributed by atoms with van der Waals surface area (Å²) in [6.07, 6.45) is 6.70. The Morgan fingerprint density at radius 2 is 2.19 bits per heavy atom. The molecule has 0 N–H and O–H groups in total. The molecule has 0 aromatic carbocycles. The molecule has 1 aromatic rings. The molecule has 1 heterocycles. The van der Waals surface area contributed by atoms with E-state index in [4.69, 9.17) is 4.74 Å². The first-order valence-corrected chi connectivity index (χ1v) is 5.95. The third kappa shape index (κ3) is 4.93. The Morgan fingerprint density at radius 1 is 1.50 bits per heavy atom. The SMILES string of the molecule is CCOC(=O)/C=C/CSc1ncc(C)cn1. The lowest BCUT2D eigenvalue weighted by molar-refractivity contribution is -0.137. The van der Waals surface area contributed by atoms with Crippen LogP contribution in [-0.2, 0) is 9.53 Å². The summed E-state index contributed by atoms with van der Waals surface area (Å²) in [5.41, 5.74) is 1.03. The van der Waals surface area contributed by atoms with Crippen LogP contribution in [-0.4, -0.2) is 28.3 Å². The van der Waals surface area contributed by atoms with Gasteiger partial charge in [-0.2, -0.15) is 0 Å².